The van der Waals surface area contributed by atoms with Crippen LogP contribution in [0.5, 0.6) is 0 Å². The molecule has 0 saturated carbocycles. The Kier molecular flexibility index (Phi) is 3.45. The van der Waals surface area contributed by atoms with Crippen LogP contribution in [-0.2, 0) is 6.54 Å². The molecule has 1 aromatic heterocycles. The van der Waals surface area contributed by atoms with E-state index in [-0.39, 0.29) is 10.6 Å². The molecule has 0 N–H and O–H groups in total. The van der Waals surface area contributed by atoms with E-state index < -0.39 is 0 Å². The molecule has 0 spiro atoms. The molecule has 0 unspecified atom stereocenters. The highest BCUT2D eigenvalue weighted by atomic mass is 16.6. The second kappa shape index (κ2) is 4.60. The molecule has 1 aromatic rings. The Labute approximate surface area is 83.0 Å². The number of allylic oxidation sites excluding steroid dienone is 1. The number of hydrogen-bond acceptors (Lipinski definition) is 2. The minimum Gasteiger partial charge on any atom is -0.354 e. The number of rotatable bonds is 4. The van der Waals surface area contributed by atoms with Crippen molar-refractivity contribution in [1.29, 1.82) is 0 Å². The first-order valence-corrected chi connectivity index (χ1v) is 4.68. The molecule has 0 saturated heterocycles. The average molecular weight is 194 g/mol. The Morgan fingerprint density at radius 2 is 2.36 bits per heavy atom. The van der Waals surface area contributed by atoms with E-state index in [1.165, 1.54) is 0 Å². The highest BCUT2D eigenvalue weighted by molar-refractivity contribution is 5.49. The van der Waals surface area contributed by atoms with Gasteiger partial charge in [0.15, 0.2) is 0 Å². The summed E-state index contributed by atoms with van der Waals surface area (Å²) >= 11 is 0. The predicted molar refractivity (Wildman–Crippen MR) is 55.4 cm³/mol. The molecule has 4 nitrogen and oxygen atoms in total. The molecule has 0 fully saturated rings. The summed E-state index contributed by atoms with van der Waals surface area (Å²) in [7, 11) is 0. The predicted octanol–water partition coefficient (Wildman–Crippen LogP) is 2.54. The van der Waals surface area contributed by atoms with Crippen LogP contribution in [0.1, 0.15) is 25.8 Å². The first-order chi connectivity index (χ1) is 6.67. The van der Waals surface area contributed by atoms with Crippen molar-refractivity contribution >= 4 is 6.08 Å². The van der Waals surface area contributed by atoms with Crippen LogP contribution in [0.2, 0.25) is 0 Å². The molecular weight excluding hydrogens is 180 g/mol. The molecule has 0 aliphatic rings. The smallest absolute Gasteiger partial charge is 0.246 e. The summed E-state index contributed by atoms with van der Waals surface area (Å²) in [6.45, 7) is 4.70. The Balaban J connectivity index is 2.89. The zero-order chi connectivity index (χ0) is 10.6. The second-order valence-corrected chi connectivity index (χ2v) is 3.02. The number of hydrogen-bond donors (Lipinski definition) is 0. The Hall–Kier alpha value is -1.58. The Morgan fingerprint density at radius 3 is 2.79 bits per heavy atom. The van der Waals surface area contributed by atoms with E-state index in [9.17, 15) is 10.1 Å². The minimum absolute atomic E-state index is 0.249. The standard InChI is InChI=1S/C10H14N2O2/c1-3-10(12(13)14)7-9-5-6-11(4-2)8-9/h5-8H,3-4H2,1-2H3. The largest absolute Gasteiger partial charge is 0.354 e. The molecule has 0 amide bonds. The van der Waals surface area contributed by atoms with Crippen LogP contribution >= 0.6 is 0 Å². The van der Waals surface area contributed by atoms with Crippen LogP contribution in [0.3, 0.4) is 0 Å². The average Bonchev–Trinajstić information content (AvgIpc) is 2.61. The quantitative estimate of drug-likeness (QED) is 0.546. The molecule has 14 heavy (non-hydrogen) atoms. The van der Waals surface area contributed by atoms with Gasteiger partial charge in [-0.2, -0.15) is 0 Å². The van der Waals surface area contributed by atoms with Gasteiger partial charge in [0.1, 0.15) is 0 Å². The number of aromatic nitrogens is 1. The molecule has 4 heteroatoms. The van der Waals surface area contributed by atoms with Crippen LogP contribution in [0.15, 0.2) is 24.2 Å². The molecule has 0 aliphatic carbocycles. The number of nitro groups is 1. The van der Waals surface area contributed by atoms with Crippen molar-refractivity contribution in [1.82, 2.24) is 4.57 Å². The Morgan fingerprint density at radius 1 is 1.64 bits per heavy atom. The van der Waals surface area contributed by atoms with Crippen molar-refractivity contribution in [2.45, 2.75) is 26.8 Å². The van der Waals surface area contributed by atoms with Crippen LogP contribution in [-0.4, -0.2) is 9.49 Å². The highest BCUT2D eigenvalue weighted by Gasteiger charge is 2.07. The van der Waals surface area contributed by atoms with E-state index in [1.54, 1.807) is 13.0 Å². The van der Waals surface area contributed by atoms with Crippen LogP contribution < -0.4 is 0 Å². The van der Waals surface area contributed by atoms with Gasteiger partial charge in [-0.1, -0.05) is 6.92 Å². The van der Waals surface area contributed by atoms with Crippen molar-refractivity contribution in [3.8, 4) is 0 Å². The topological polar surface area (TPSA) is 48.1 Å². The molecule has 0 atom stereocenters. The molecule has 1 heterocycles. The van der Waals surface area contributed by atoms with Crippen molar-refractivity contribution < 1.29 is 4.92 Å². The van der Waals surface area contributed by atoms with Gasteiger partial charge < -0.3 is 4.57 Å². The van der Waals surface area contributed by atoms with Gasteiger partial charge in [-0.05, 0) is 18.6 Å². The van der Waals surface area contributed by atoms with Crippen molar-refractivity contribution in [3.05, 3.63) is 39.8 Å². The van der Waals surface area contributed by atoms with E-state index in [1.807, 2.05) is 30.0 Å². The SMILES string of the molecule is CCC(=Cc1ccn(CC)c1)[N+](=O)[O-]. The van der Waals surface area contributed by atoms with Gasteiger partial charge in [0.25, 0.3) is 0 Å². The minimum atomic E-state index is -0.330. The third-order valence-electron chi connectivity index (χ3n) is 2.07. The lowest BCUT2D eigenvalue weighted by Gasteiger charge is -1.93. The van der Waals surface area contributed by atoms with Crippen LogP contribution in [0, 0.1) is 10.1 Å². The van der Waals surface area contributed by atoms with Crippen molar-refractivity contribution in [3.63, 3.8) is 0 Å². The normalized spacial score (nSPS) is 11.7. The van der Waals surface area contributed by atoms with E-state index in [2.05, 4.69) is 0 Å². The summed E-state index contributed by atoms with van der Waals surface area (Å²) < 4.78 is 1.99. The number of nitrogens with zero attached hydrogens (tertiary/aromatic N) is 2. The first-order valence-electron chi connectivity index (χ1n) is 4.68. The van der Waals surface area contributed by atoms with E-state index >= 15 is 0 Å². The fourth-order valence-electron chi connectivity index (χ4n) is 1.22. The molecule has 0 aromatic carbocycles. The van der Waals surface area contributed by atoms with E-state index in [0.29, 0.717) is 6.42 Å². The van der Waals surface area contributed by atoms with Gasteiger partial charge in [-0.3, -0.25) is 10.1 Å². The van der Waals surface area contributed by atoms with Gasteiger partial charge in [0.05, 0.1) is 4.92 Å². The lowest BCUT2D eigenvalue weighted by molar-refractivity contribution is -0.425. The molecule has 1 rings (SSSR count). The zero-order valence-corrected chi connectivity index (χ0v) is 8.43. The van der Waals surface area contributed by atoms with Gasteiger partial charge in [0, 0.05) is 31.4 Å². The molecule has 0 radical (unpaired) electrons. The monoisotopic (exact) mass is 194 g/mol. The summed E-state index contributed by atoms with van der Waals surface area (Å²) in [6, 6.07) is 1.88. The van der Waals surface area contributed by atoms with Crippen LogP contribution in [0.4, 0.5) is 0 Å². The molecule has 0 bridgehead atoms. The Bertz CT molecular complexity index is 353. The summed E-state index contributed by atoms with van der Waals surface area (Å²) in [5.74, 6) is 0. The van der Waals surface area contributed by atoms with E-state index in [0.717, 1.165) is 12.1 Å². The van der Waals surface area contributed by atoms with E-state index in [4.69, 9.17) is 0 Å². The van der Waals surface area contributed by atoms with Gasteiger partial charge in [-0.15, -0.1) is 0 Å². The zero-order valence-electron chi connectivity index (χ0n) is 8.43. The highest BCUT2D eigenvalue weighted by Crippen LogP contribution is 2.10. The summed E-state index contributed by atoms with van der Waals surface area (Å²) in [5.41, 5.74) is 1.14. The summed E-state index contributed by atoms with van der Waals surface area (Å²) in [5, 5.41) is 10.5. The fourth-order valence-corrected chi connectivity index (χ4v) is 1.22. The van der Waals surface area contributed by atoms with Crippen molar-refractivity contribution in [2.24, 2.45) is 0 Å². The molecular formula is C10H14N2O2. The first kappa shape index (κ1) is 10.5. The summed E-state index contributed by atoms with van der Waals surface area (Å²) in [4.78, 5) is 10.2. The van der Waals surface area contributed by atoms with Crippen molar-refractivity contribution in [2.75, 3.05) is 0 Å². The molecule has 0 aliphatic heterocycles. The molecule has 76 valence electrons. The maximum absolute atomic E-state index is 10.5. The van der Waals surface area contributed by atoms with Gasteiger partial charge in [0.2, 0.25) is 5.70 Å². The third kappa shape index (κ3) is 2.45. The van der Waals surface area contributed by atoms with Crippen LogP contribution in [0.25, 0.3) is 6.08 Å². The maximum Gasteiger partial charge on any atom is 0.246 e. The summed E-state index contributed by atoms with van der Waals surface area (Å²) in [6.07, 6.45) is 5.88. The fraction of sp³-hybridized carbons (Fsp3) is 0.400. The second-order valence-electron chi connectivity index (χ2n) is 3.02. The maximum atomic E-state index is 10.5. The van der Waals surface area contributed by atoms with Gasteiger partial charge in [-0.25, -0.2) is 0 Å². The third-order valence-corrected chi connectivity index (χ3v) is 2.07. The van der Waals surface area contributed by atoms with Gasteiger partial charge >= 0.3 is 0 Å². The number of aryl methyl sites for hydroxylation is 1. The lowest BCUT2D eigenvalue weighted by atomic mass is 10.2. The lowest BCUT2D eigenvalue weighted by Crippen LogP contribution is -1.96.